The van der Waals surface area contributed by atoms with Crippen LogP contribution >= 0.6 is 0 Å². The van der Waals surface area contributed by atoms with Crippen LogP contribution in [0.15, 0.2) is 85.3 Å². The Morgan fingerprint density at radius 1 is 0.839 bits per heavy atom. The maximum atomic E-state index is 16.3. The van der Waals surface area contributed by atoms with Gasteiger partial charge in [0.05, 0.1) is 34.9 Å². The molecule has 0 spiro atoms. The molecule has 56 heavy (non-hydrogen) atoms. The van der Waals surface area contributed by atoms with Gasteiger partial charge in [-0.3, -0.25) is 9.59 Å². The van der Waals surface area contributed by atoms with E-state index in [1.165, 1.54) is 29.1 Å². The SMILES string of the molecule is CCN1CCN(c2ccc(NC(=O)Cc3nc(N)c4c(F)c(-c5cc(NC(=O)c6cc(-n7cnc(C)c7)cc(C(F)(F)F)c6)ccc5C)ccc4n3)cc2)CC1. The predicted molar refractivity (Wildman–Crippen MR) is 208 cm³/mol. The fraction of sp³-hybridized carbons (Fsp3) is 0.244. The monoisotopic (exact) mass is 765 g/mol. The van der Waals surface area contributed by atoms with Crippen LogP contribution in [0.2, 0.25) is 0 Å². The topological polar surface area (TPSA) is 134 Å². The van der Waals surface area contributed by atoms with Crippen molar-refractivity contribution in [3.05, 3.63) is 119 Å². The molecule has 0 unspecified atom stereocenters. The number of carbonyl (C=O) groups is 2. The normalized spacial score (nSPS) is 13.6. The third-order valence-electron chi connectivity index (χ3n) is 9.83. The number of likely N-dealkylation sites (N-methyl/N-ethyl adjacent to an activating group) is 1. The second-order valence-electron chi connectivity index (χ2n) is 13.7. The van der Waals surface area contributed by atoms with Crippen LogP contribution in [-0.2, 0) is 17.4 Å². The van der Waals surface area contributed by atoms with Gasteiger partial charge >= 0.3 is 6.18 Å². The van der Waals surface area contributed by atoms with Gasteiger partial charge in [-0.1, -0.05) is 13.0 Å². The van der Waals surface area contributed by atoms with Crippen LogP contribution in [0.1, 0.15) is 39.9 Å². The number of alkyl halides is 3. The van der Waals surface area contributed by atoms with Gasteiger partial charge in [-0.2, -0.15) is 13.2 Å². The highest BCUT2D eigenvalue weighted by Crippen LogP contribution is 2.35. The van der Waals surface area contributed by atoms with Crippen LogP contribution in [0.3, 0.4) is 0 Å². The zero-order valence-corrected chi connectivity index (χ0v) is 30.9. The molecule has 1 saturated heterocycles. The van der Waals surface area contributed by atoms with Gasteiger partial charge < -0.3 is 30.7 Å². The van der Waals surface area contributed by atoms with Crippen LogP contribution in [0, 0.1) is 19.7 Å². The summed E-state index contributed by atoms with van der Waals surface area (Å²) in [5.41, 5.74) is 9.05. The number of aryl methyl sites for hydroxylation is 2. The molecule has 1 aliphatic heterocycles. The highest BCUT2D eigenvalue weighted by atomic mass is 19.4. The number of hydrogen-bond acceptors (Lipinski definition) is 8. The zero-order valence-electron chi connectivity index (χ0n) is 30.9. The first-order valence-electron chi connectivity index (χ1n) is 18.0. The van der Waals surface area contributed by atoms with E-state index >= 15 is 4.39 Å². The lowest BCUT2D eigenvalue weighted by molar-refractivity contribution is -0.137. The fourth-order valence-electron chi connectivity index (χ4n) is 6.79. The van der Waals surface area contributed by atoms with E-state index in [9.17, 15) is 22.8 Å². The molecule has 6 aromatic rings. The minimum absolute atomic E-state index is 0.0397. The van der Waals surface area contributed by atoms with Crippen molar-refractivity contribution in [2.24, 2.45) is 0 Å². The summed E-state index contributed by atoms with van der Waals surface area (Å²) in [5, 5.41) is 5.46. The van der Waals surface area contributed by atoms with Gasteiger partial charge in [0.15, 0.2) is 0 Å². The molecule has 0 aliphatic carbocycles. The molecule has 288 valence electrons. The molecule has 1 aliphatic rings. The van der Waals surface area contributed by atoms with E-state index in [1.54, 1.807) is 38.2 Å². The zero-order chi connectivity index (χ0) is 39.7. The fourth-order valence-corrected chi connectivity index (χ4v) is 6.79. The minimum atomic E-state index is -4.71. The smallest absolute Gasteiger partial charge is 0.383 e. The number of hydrogen-bond donors (Lipinski definition) is 3. The maximum Gasteiger partial charge on any atom is 0.416 e. The molecule has 2 amide bonds. The maximum absolute atomic E-state index is 16.3. The van der Waals surface area contributed by atoms with Crippen molar-refractivity contribution in [2.45, 2.75) is 33.4 Å². The van der Waals surface area contributed by atoms with E-state index in [2.05, 4.69) is 42.3 Å². The number of piperazine rings is 1. The number of benzene rings is 4. The quantitative estimate of drug-likeness (QED) is 0.130. The van der Waals surface area contributed by atoms with Gasteiger partial charge in [-0.15, -0.1) is 0 Å². The lowest BCUT2D eigenvalue weighted by Gasteiger charge is -2.35. The molecular formula is C41H39F4N9O2. The number of nitrogens with two attached hydrogens (primary N) is 1. The van der Waals surface area contributed by atoms with E-state index in [-0.39, 0.29) is 57.4 Å². The Bertz CT molecular complexity index is 2440. The second-order valence-corrected chi connectivity index (χ2v) is 13.7. The average molecular weight is 766 g/mol. The molecule has 0 atom stereocenters. The molecular weight excluding hydrogens is 727 g/mol. The number of nitrogens with zero attached hydrogens (tertiary/aromatic N) is 6. The van der Waals surface area contributed by atoms with Crippen LogP contribution in [0.4, 0.5) is 40.4 Å². The van der Waals surface area contributed by atoms with Gasteiger partial charge in [-0.05, 0) is 98.2 Å². The number of carbonyl (C=O) groups excluding carboxylic acids is 2. The standard InChI is InChI=1S/C41H39F4N9O2/c1-4-52-13-15-53(16-14-52)30-9-7-28(8-10-30)48-36(55)21-35-50-34-12-11-32(38(42)37(34)39(46)51-35)33-20-29(6-5-24(33)2)49-40(56)26-17-27(41(43,44)45)19-31(18-26)54-22-25(3)47-23-54/h5-12,17-20,22-23H,4,13-16,21H2,1-3H3,(H,48,55)(H,49,56)(H2,46,50,51). The first kappa shape index (κ1) is 37.9. The number of rotatable bonds is 9. The number of anilines is 4. The molecule has 11 nitrogen and oxygen atoms in total. The Hall–Kier alpha value is -6.35. The molecule has 2 aromatic heterocycles. The predicted octanol–water partition coefficient (Wildman–Crippen LogP) is 7.41. The number of fused-ring (bicyclic) bond motifs is 1. The van der Waals surface area contributed by atoms with Crippen molar-refractivity contribution in [3.8, 4) is 16.8 Å². The summed E-state index contributed by atoms with van der Waals surface area (Å²) in [6, 6.07) is 18.5. The molecule has 3 heterocycles. The third-order valence-corrected chi connectivity index (χ3v) is 9.83. The van der Waals surface area contributed by atoms with Crippen LogP contribution in [0.5, 0.6) is 0 Å². The Morgan fingerprint density at radius 3 is 2.25 bits per heavy atom. The van der Waals surface area contributed by atoms with E-state index in [0.29, 0.717) is 22.5 Å². The molecule has 4 N–H and O–H groups in total. The third kappa shape index (κ3) is 8.17. The summed E-state index contributed by atoms with van der Waals surface area (Å²) in [4.78, 5) is 43.8. The van der Waals surface area contributed by atoms with Crippen LogP contribution in [0.25, 0.3) is 27.7 Å². The molecule has 1 fully saturated rings. The van der Waals surface area contributed by atoms with Crippen molar-refractivity contribution in [3.63, 3.8) is 0 Å². The number of nitrogen functional groups attached to an aromatic ring is 1. The second kappa shape index (κ2) is 15.4. The first-order valence-corrected chi connectivity index (χ1v) is 18.0. The summed E-state index contributed by atoms with van der Waals surface area (Å²) in [6.45, 7) is 10.5. The number of imidazole rings is 1. The van der Waals surface area contributed by atoms with Crippen molar-refractivity contribution in [1.82, 2.24) is 24.4 Å². The van der Waals surface area contributed by atoms with E-state index in [1.807, 2.05) is 24.3 Å². The summed E-state index contributed by atoms with van der Waals surface area (Å²) < 4.78 is 59.1. The van der Waals surface area contributed by atoms with Gasteiger partial charge in [0.2, 0.25) is 5.91 Å². The number of halogens is 4. The summed E-state index contributed by atoms with van der Waals surface area (Å²) >= 11 is 0. The first-order chi connectivity index (χ1) is 26.7. The Kier molecular flexibility index (Phi) is 10.4. The van der Waals surface area contributed by atoms with Crippen LogP contribution in [-0.4, -0.2) is 69.0 Å². The highest BCUT2D eigenvalue weighted by molar-refractivity contribution is 6.05. The summed E-state index contributed by atoms with van der Waals surface area (Å²) in [5.74, 6) is -1.91. The average Bonchev–Trinajstić information content (AvgIpc) is 3.61. The summed E-state index contributed by atoms with van der Waals surface area (Å²) in [7, 11) is 0. The van der Waals surface area contributed by atoms with Gasteiger partial charge in [-0.25, -0.2) is 19.3 Å². The van der Waals surface area contributed by atoms with E-state index < -0.39 is 23.5 Å². The molecule has 7 rings (SSSR count). The Labute approximate surface area is 320 Å². The van der Waals surface area contributed by atoms with Gasteiger partial charge in [0.1, 0.15) is 17.5 Å². The molecule has 0 saturated carbocycles. The van der Waals surface area contributed by atoms with Crippen molar-refractivity contribution in [1.29, 1.82) is 0 Å². The van der Waals surface area contributed by atoms with Crippen molar-refractivity contribution < 1.29 is 27.2 Å². The highest BCUT2D eigenvalue weighted by Gasteiger charge is 2.32. The van der Waals surface area contributed by atoms with E-state index in [0.717, 1.165) is 50.5 Å². The van der Waals surface area contributed by atoms with Gasteiger partial charge in [0.25, 0.3) is 5.91 Å². The van der Waals surface area contributed by atoms with Crippen LogP contribution < -0.4 is 21.3 Å². The molecule has 0 bridgehead atoms. The minimum Gasteiger partial charge on any atom is -0.383 e. The molecule has 15 heteroatoms. The Balaban J connectivity index is 1.07. The number of aromatic nitrogens is 4. The van der Waals surface area contributed by atoms with Crippen molar-refractivity contribution >= 4 is 45.6 Å². The lowest BCUT2D eigenvalue weighted by atomic mass is 9.97. The Morgan fingerprint density at radius 2 is 1.57 bits per heavy atom. The molecule has 0 radical (unpaired) electrons. The van der Waals surface area contributed by atoms with Gasteiger partial charge in [0, 0.05) is 66.3 Å². The van der Waals surface area contributed by atoms with E-state index in [4.69, 9.17) is 5.73 Å². The van der Waals surface area contributed by atoms with Crippen molar-refractivity contribution in [2.75, 3.05) is 54.0 Å². The lowest BCUT2D eigenvalue weighted by Crippen LogP contribution is -2.46. The largest absolute Gasteiger partial charge is 0.416 e. The molecule has 4 aromatic carbocycles. The number of nitrogens with one attached hydrogen (secondary N) is 2. The number of amides is 2. The summed E-state index contributed by atoms with van der Waals surface area (Å²) in [6.07, 6.45) is -1.99.